The normalized spacial score (nSPS) is 31.0. The minimum Gasteiger partial charge on any atom is -0.377 e. The van der Waals surface area contributed by atoms with E-state index in [1.165, 1.54) is 12.8 Å². The fourth-order valence-electron chi connectivity index (χ4n) is 4.51. The molecule has 0 aromatic carbocycles. The van der Waals surface area contributed by atoms with Gasteiger partial charge in [0.05, 0.1) is 18.7 Å². The van der Waals surface area contributed by atoms with E-state index in [2.05, 4.69) is 20.4 Å². The van der Waals surface area contributed by atoms with E-state index in [0.717, 1.165) is 38.5 Å². The molecule has 1 saturated heterocycles. The first kappa shape index (κ1) is 18.8. The molecule has 1 aromatic rings. The number of nitrogens with zero attached hydrogens (tertiary/aromatic N) is 3. The van der Waals surface area contributed by atoms with E-state index in [9.17, 15) is 4.79 Å². The lowest BCUT2D eigenvalue weighted by atomic mass is 9.77. The summed E-state index contributed by atoms with van der Waals surface area (Å²) in [5.41, 5.74) is 0. The number of carbonyl (C=O) groups is 1. The molecule has 0 spiro atoms. The van der Waals surface area contributed by atoms with Gasteiger partial charge in [0.2, 0.25) is 11.8 Å². The van der Waals surface area contributed by atoms with Gasteiger partial charge in [-0.05, 0) is 43.4 Å². The van der Waals surface area contributed by atoms with Crippen molar-refractivity contribution in [3.05, 3.63) is 11.7 Å². The molecule has 3 aliphatic rings. The number of fused-ring (bicyclic) bond motifs is 1. The lowest BCUT2D eigenvalue weighted by Gasteiger charge is -2.38. The Hall–Kier alpha value is -1.51. The van der Waals surface area contributed by atoms with Crippen molar-refractivity contribution in [2.75, 3.05) is 26.8 Å². The number of ether oxygens (including phenoxy) is 2. The van der Waals surface area contributed by atoms with Crippen LogP contribution in [-0.2, 0) is 27.4 Å². The highest BCUT2D eigenvalue weighted by molar-refractivity contribution is 5.73. The Morgan fingerprint density at radius 1 is 1.30 bits per heavy atom. The van der Waals surface area contributed by atoms with Crippen LogP contribution in [0.15, 0.2) is 4.52 Å². The van der Waals surface area contributed by atoms with Crippen LogP contribution in [0.4, 0.5) is 0 Å². The summed E-state index contributed by atoms with van der Waals surface area (Å²) in [4.78, 5) is 18.4. The van der Waals surface area contributed by atoms with E-state index < -0.39 is 0 Å². The molecule has 0 unspecified atom stereocenters. The Bertz CT molecular complexity index is 647. The topological polar surface area (TPSA) is 89.7 Å². The SMILES string of the molecule is COCc1noc(CN2C[C@H]3C[C@@H](NC(C)=O)[C@H](OCC4CC4)C[C@H]3C2)n1. The first-order valence-corrected chi connectivity index (χ1v) is 10.0. The number of hydrogen-bond donors (Lipinski definition) is 1. The number of methoxy groups -OCH3 is 1. The second kappa shape index (κ2) is 8.24. The second-order valence-corrected chi connectivity index (χ2v) is 8.35. The number of likely N-dealkylation sites (tertiary alicyclic amines) is 1. The number of nitrogens with one attached hydrogen (secondary N) is 1. The quantitative estimate of drug-likeness (QED) is 0.730. The molecule has 8 nitrogen and oxygen atoms in total. The van der Waals surface area contributed by atoms with Gasteiger partial charge in [0.15, 0.2) is 5.82 Å². The number of carbonyl (C=O) groups excluding carboxylic acids is 1. The van der Waals surface area contributed by atoms with Gasteiger partial charge in [-0.3, -0.25) is 9.69 Å². The van der Waals surface area contributed by atoms with E-state index in [4.69, 9.17) is 14.0 Å². The predicted molar refractivity (Wildman–Crippen MR) is 96.6 cm³/mol. The van der Waals surface area contributed by atoms with Gasteiger partial charge in [0, 0.05) is 33.7 Å². The molecule has 0 radical (unpaired) electrons. The average molecular weight is 378 g/mol. The summed E-state index contributed by atoms with van der Waals surface area (Å²) < 4.78 is 16.6. The Kier molecular flexibility index (Phi) is 5.75. The van der Waals surface area contributed by atoms with Gasteiger partial charge >= 0.3 is 0 Å². The monoisotopic (exact) mass is 378 g/mol. The highest BCUT2D eigenvalue weighted by Gasteiger charge is 2.43. The zero-order valence-electron chi connectivity index (χ0n) is 16.2. The highest BCUT2D eigenvalue weighted by Crippen LogP contribution is 2.39. The average Bonchev–Trinajstić information content (AvgIpc) is 3.22. The van der Waals surface area contributed by atoms with Crippen molar-refractivity contribution < 1.29 is 18.8 Å². The third-order valence-electron chi connectivity index (χ3n) is 5.97. The molecule has 150 valence electrons. The van der Waals surface area contributed by atoms with Crippen molar-refractivity contribution >= 4 is 5.91 Å². The molecular weight excluding hydrogens is 348 g/mol. The van der Waals surface area contributed by atoms with E-state index in [1.54, 1.807) is 14.0 Å². The Morgan fingerprint density at radius 2 is 2.07 bits per heavy atom. The van der Waals surface area contributed by atoms with Crippen molar-refractivity contribution in [2.45, 2.75) is 57.9 Å². The van der Waals surface area contributed by atoms with Gasteiger partial charge in [0.1, 0.15) is 6.61 Å². The Labute approximate surface area is 160 Å². The Morgan fingerprint density at radius 3 is 2.78 bits per heavy atom. The standard InChI is InChI=1S/C19H30N4O4/c1-12(24)20-16-5-14-7-23(9-19-21-18(11-25-2)22-27-19)8-15(14)6-17(16)26-10-13-3-4-13/h13-17H,3-11H2,1-2H3,(H,20,24)/t14-,15+,16-,17-/m1/s1. The van der Waals surface area contributed by atoms with E-state index in [1.807, 2.05) is 0 Å². The van der Waals surface area contributed by atoms with Crippen molar-refractivity contribution in [3.8, 4) is 0 Å². The van der Waals surface area contributed by atoms with E-state index in [-0.39, 0.29) is 18.1 Å². The summed E-state index contributed by atoms with van der Waals surface area (Å²) in [6.07, 6.45) is 4.69. The van der Waals surface area contributed by atoms with Crippen molar-refractivity contribution in [1.82, 2.24) is 20.4 Å². The van der Waals surface area contributed by atoms with Crippen molar-refractivity contribution in [2.24, 2.45) is 17.8 Å². The summed E-state index contributed by atoms with van der Waals surface area (Å²) >= 11 is 0. The molecule has 1 aromatic heterocycles. The zero-order valence-corrected chi connectivity index (χ0v) is 16.2. The summed E-state index contributed by atoms with van der Waals surface area (Å²) in [6.45, 7) is 5.49. The number of rotatable bonds is 8. The van der Waals surface area contributed by atoms with Crippen LogP contribution in [0, 0.1) is 17.8 Å². The minimum absolute atomic E-state index is 0.0323. The fourth-order valence-corrected chi connectivity index (χ4v) is 4.51. The zero-order chi connectivity index (χ0) is 18.8. The van der Waals surface area contributed by atoms with Crippen LogP contribution in [0.3, 0.4) is 0 Å². The molecule has 4 atom stereocenters. The molecule has 4 rings (SSSR count). The lowest BCUT2D eigenvalue weighted by Crippen LogP contribution is -2.50. The van der Waals surface area contributed by atoms with Gasteiger partial charge < -0.3 is 19.3 Å². The van der Waals surface area contributed by atoms with E-state index >= 15 is 0 Å². The number of amides is 1. The third kappa shape index (κ3) is 4.86. The maximum absolute atomic E-state index is 11.6. The predicted octanol–water partition coefficient (Wildman–Crippen LogP) is 1.36. The summed E-state index contributed by atoms with van der Waals surface area (Å²) in [7, 11) is 1.62. The smallest absolute Gasteiger partial charge is 0.240 e. The van der Waals surface area contributed by atoms with Crippen molar-refractivity contribution in [1.29, 1.82) is 0 Å². The highest BCUT2D eigenvalue weighted by atomic mass is 16.5. The fraction of sp³-hybridized carbons (Fsp3) is 0.842. The minimum atomic E-state index is 0.0323. The molecule has 1 aliphatic heterocycles. The van der Waals surface area contributed by atoms with Crippen LogP contribution in [0.25, 0.3) is 0 Å². The molecule has 2 heterocycles. The van der Waals surface area contributed by atoms with Crippen LogP contribution in [0.1, 0.15) is 44.3 Å². The van der Waals surface area contributed by atoms with Gasteiger partial charge in [-0.2, -0.15) is 4.98 Å². The molecular formula is C19H30N4O4. The molecule has 2 saturated carbocycles. The molecule has 2 aliphatic carbocycles. The second-order valence-electron chi connectivity index (χ2n) is 8.35. The molecule has 27 heavy (non-hydrogen) atoms. The van der Waals surface area contributed by atoms with Crippen LogP contribution in [0.2, 0.25) is 0 Å². The molecule has 8 heteroatoms. The summed E-state index contributed by atoms with van der Waals surface area (Å²) in [5, 5.41) is 7.07. The maximum Gasteiger partial charge on any atom is 0.240 e. The molecule has 1 amide bonds. The van der Waals surface area contributed by atoms with Gasteiger partial charge in [-0.1, -0.05) is 5.16 Å². The van der Waals surface area contributed by atoms with Gasteiger partial charge in [-0.15, -0.1) is 0 Å². The van der Waals surface area contributed by atoms with Crippen LogP contribution in [0.5, 0.6) is 0 Å². The largest absolute Gasteiger partial charge is 0.377 e. The number of aromatic nitrogens is 2. The van der Waals surface area contributed by atoms with Gasteiger partial charge in [0.25, 0.3) is 0 Å². The first-order valence-electron chi connectivity index (χ1n) is 10.0. The maximum atomic E-state index is 11.6. The third-order valence-corrected chi connectivity index (χ3v) is 5.97. The molecule has 1 N–H and O–H groups in total. The van der Waals surface area contributed by atoms with Gasteiger partial charge in [-0.25, -0.2) is 0 Å². The molecule has 0 bridgehead atoms. The van der Waals surface area contributed by atoms with Crippen LogP contribution in [-0.4, -0.2) is 59.9 Å². The Balaban J connectivity index is 1.34. The summed E-state index contributed by atoms with van der Waals surface area (Å²) in [5.74, 6) is 3.16. The van der Waals surface area contributed by atoms with Crippen LogP contribution >= 0.6 is 0 Å². The summed E-state index contributed by atoms with van der Waals surface area (Å²) in [6, 6.07) is 0.124. The first-order chi connectivity index (χ1) is 13.1. The van der Waals surface area contributed by atoms with E-state index in [0.29, 0.717) is 36.7 Å². The van der Waals surface area contributed by atoms with Crippen LogP contribution < -0.4 is 5.32 Å². The molecule has 3 fully saturated rings. The van der Waals surface area contributed by atoms with Crippen molar-refractivity contribution in [3.63, 3.8) is 0 Å². The lowest BCUT2D eigenvalue weighted by molar-refractivity contribution is -0.122. The number of hydrogen-bond acceptors (Lipinski definition) is 7.